The highest BCUT2D eigenvalue weighted by molar-refractivity contribution is 7.99. The number of carbonyl (C=O) groups excluding carboxylic acids is 1. The lowest BCUT2D eigenvalue weighted by atomic mass is 10.2. The van der Waals surface area contributed by atoms with Gasteiger partial charge in [-0.15, -0.1) is 11.8 Å². The van der Waals surface area contributed by atoms with Crippen LogP contribution in [0.1, 0.15) is 37.6 Å². The lowest BCUT2D eigenvalue weighted by Crippen LogP contribution is -2.05. The molecule has 0 fully saturated rings. The standard InChI is InChI=1S/C13H19NO2S/c1-4-10(3)9-17-12-7-6-11(8-14-12)13(15)16-5-2/h6-8,10H,4-5,9H2,1-3H3. The zero-order valence-electron chi connectivity index (χ0n) is 10.6. The molecule has 1 aromatic rings. The number of ether oxygens (including phenoxy) is 1. The molecule has 0 aliphatic rings. The fourth-order valence-electron chi connectivity index (χ4n) is 1.15. The molecule has 4 heteroatoms. The summed E-state index contributed by atoms with van der Waals surface area (Å²) in [7, 11) is 0. The molecule has 0 aliphatic carbocycles. The zero-order chi connectivity index (χ0) is 12.7. The number of pyridine rings is 1. The molecule has 1 aromatic heterocycles. The SMILES string of the molecule is CCOC(=O)c1ccc(SCC(C)CC)nc1. The van der Waals surface area contributed by atoms with Crippen molar-refractivity contribution in [3.8, 4) is 0 Å². The Labute approximate surface area is 107 Å². The van der Waals surface area contributed by atoms with Gasteiger partial charge in [-0.05, 0) is 25.0 Å². The molecule has 0 N–H and O–H groups in total. The minimum atomic E-state index is -0.307. The molecular formula is C13H19NO2S. The molecule has 0 aliphatic heterocycles. The van der Waals surface area contributed by atoms with Crippen LogP contribution in [0, 0.1) is 5.92 Å². The van der Waals surface area contributed by atoms with Crippen LogP contribution in [0.3, 0.4) is 0 Å². The Morgan fingerprint density at radius 2 is 2.24 bits per heavy atom. The first-order valence-corrected chi connectivity index (χ1v) is 6.91. The van der Waals surface area contributed by atoms with Gasteiger partial charge < -0.3 is 4.74 Å². The zero-order valence-corrected chi connectivity index (χ0v) is 11.4. The molecule has 1 rings (SSSR count). The summed E-state index contributed by atoms with van der Waals surface area (Å²) in [5, 5.41) is 0.957. The highest BCUT2D eigenvalue weighted by Crippen LogP contribution is 2.20. The van der Waals surface area contributed by atoms with Gasteiger partial charge in [-0.1, -0.05) is 20.3 Å². The number of nitrogens with zero attached hydrogens (tertiary/aromatic N) is 1. The van der Waals surface area contributed by atoms with Gasteiger partial charge in [0, 0.05) is 11.9 Å². The van der Waals surface area contributed by atoms with Gasteiger partial charge in [-0.25, -0.2) is 9.78 Å². The molecule has 94 valence electrons. The van der Waals surface area contributed by atoms with E-state index in [2.05, 4.69) is 18.8 Å². The second-order valence-corrected chi connectivity index (χ2v) is 4.97. The van der Waals surface area contributed by atoms with Crippen LogP contribution < -0.4 is 0 Å². The first-order chi connectivity index (χ1) is 8.17. The van der Waals surface area contributed by atoms with Crippen molar-refractivity contribution in [1.82, 2.24) is 4.98 Å². The molecule has 1 heterocycles. The maximum absolute atomic E-state index is 11.4. The summed E-state index contributed by atoms with van der Waals surface area (Å²) in [4.78, 5) is 15.6. The third-order valence-electron chi connectivity index (χ3n) is 2.46. The predicted molar refractivity (Wildman–Crippen MR) is 70.4 cm³/mol. The Bertz CT molecular complexity index is 351. The van der Waals surface area contributed by atoms with E-state index in [4.69, 9.17) is 4.74 Å². The van der Waals surface area contributed by atoms with Crippen LogP contribution in [0.2, 0.25) is 0 Å². The van der Waals surface area contributed by atoms with Gasteiger partial charge >= 0.3 is 5.97 Å². The van der Waals surface area contributed by atoms with E-state index in [0.717, 1.165) is 10.8 Å². The fourth-order valence-corrected chi connectivity index (χ4v) is 2.13. The first kappa shape index (κ1) is 14.0. The number of esters is 1. The van der Waals surface area contributed by atoms with Gasteiger partial charge in [0.2, 0.25) is 0 Å². The lowest BCUT2D eigenvalue weighted by molar-refractivity contribution is 0.0525. The topological polar surface area (TPSA) is 39.2 Å². The van der Waals surface area contributed by atoms with E-state index >= 15 is 0 Å². The predicted octanol–water partition coefficient (Wildman–Crippen LogP) is 3.40. The smallest absolute Gasteiger partial charge is 0.339 e. The van der Waals surface area contributed by atoms with E-state index in [1.54, 1.807) is 30.9 Å². The van der Waals surface area contributed by atoms with Crippen molar-refractivity contribution in [3.05, 3.63) is 23.9 Å². The van der Waals surface area contributed by atoms with Crippen LogP contribution in [0.25, 0.3) is 0 Å². The van der Waals surface area contributed by atoms with Crippen molar-refractivity contribution in [2.24, 2.45) is 5.92 Å². The van der Waals surface area contributed by atoms with Crippen LogP contribution in [0.5, 0.6) is 0 Å². The van der Waals surface area contributed by atoms with Gasteiger partial charge in [-0.3, -0.25) is 0 Å². The maximum Gasteiger partial charge on any atom is 0.339 e. The minimum absolute atomic E-state index is 0.307. The number of hydrogen-bond donors (Lipinski definition) is 0. The largest absolute Gasteiger partial charge is 0.462 e. The van der Waals surface area contributed by atoms with E-state index in [0.29, 0.717) is 18.1 Å². The molecule has 0 amide bonds. The van der Waals surface area contributed by atoms with E-state index in [9.17, 15) is 4.79 Å². The molecule has 1 atom stereocenters. The first-order valence-electron chi connectivity index (χ1n) is 5.93. The van der Waals surface area contributed by atoms with Crippen LogP contribution in [0.15, 0.2) is 23.4 Å². The number of carbonyl (C=O) groups is 1. The second-order valence-electron chi connectivity index (χ2n) is 3.93. The Balaban J connectivity index is 2.53. The quantitative estimate of drug-likeness (QED) is 0.575. The third-order valence-corrected chi connectivity index (χ3v) is 3.73. The van der Waals surface area contributed by atoms with Gasteiger partial charge in [0.25, 0.3) is 0 Å². The Kier molecular flexibility index (Phi) is 6.05. The molecule has 0 saturated carbocycles. The average molecular weight is 253 g/mol. The maximum atomic E-state index is 11.4. The number of hydrogen-bond acceptors (Lipinski definition) is 4. The summed E-state index contributed by atoms with van der Waals surface area (Å²) < 4.78 is 4.90. The molecule has 17 heavy (non-hydrogen) atoms. The van der Waals surface area contributed by atoms with Crippen LogP contribution >= 0.6 is 11.8 Å². The van der Waals surface area contributed by atoms with Crippen molar-refractivity contribution in [2.75, 3.05) is 12.4 Å². The highest BCUT2D eigenvalue weighted by Gasteiger charge is 2.07. The van der Waals surface area contributed by atoms with Gasteiger partial charge in [0.15, 0.2) is 0 Å². The van der Waals surface area contributed by atoms with Crippen molar-refractivity contribution < 1.29 is 9.53 Å². The minimum Gasteiger partial charge on any atom is -0.462 e. The normalized spacial score (nSPS) is 12.2. The number of aromatic nitrogens is 1. The number of thioether (sulfide) groups is 1. The summed E-state index contributed by atoms with van der Waals surface area (Å²) >= 11 is 1.72. The summed E-state index contributed by atoms with van der Waals surface area (Å²) in [6.45, 7) is 6.59. The molecule has 0 saturated heterocycles. The molecule has 0 radical (unpaired) electrons. The van der Waals surface area contributed by atoms with Gasteiger partial charge in [0.1, 0.15) is 0 Å². The highest BCUT2D eigenvalue weighted by atomic mass is 32.2. The molecule has 1 unspecified atom stereocenters. The molecule has 0 bridgehead atoms. The van der Waals surface area contributed by atoms with Crippen molar-refractivity contribution in [1.29, 1.82) is 0 Å². The lowest BCUT2D eigenvalue weighted by Gasteiger charge is -2.07. The molecular weight excluding hydrogens is 234 g/mol. The Hall–Kier alpha value is -1.03. The summed E-state index contributed by atoms with van der Waals surface area (Å²) in [6, 6.07) is 3.64. The Morgan fingerprint density at radius 1 is 1.47 bits per heavy atom. The van der Waals surface area contributed by atoms with Crippen molar-refractivity contribution >= 4 is 17.7 Å². The third kappa shape index (κ3) is 4.77. The van der Waals surface area contributed by atoms with Gasteiger partial charge in [-0.2, -0.15) is 0 Å². The van der Waals surface area contributed by atoms with E-state index in [-0.39, 0.29) is 5.97 Å². The van der Waals surface area contributed by atoms with Crippen molar-refractivity contribution in [2.45, 2.75) is 32.2 Å². The van der Waals surface area contributed by atoms with Crippen LogP contribution in [-0.4, -0.2) is 23.3 Å². The van der Waals surface area contributed by atoms with Crippen LogP contribution in [-0.2, 0) is 4.74 Å². The van der Waals surface area contributed by atoms with E-state index in [1.165, 1.54) is 6.42 Å². The summed E-state index contributed by atoms with van der Waals surface area (Å²) in [6.07, 6.45) is 2.75. The molecule has 0 spiro atoms. The summed E-state index contributed by atoms with van der Waals surface area (Å²) in [5.74, 6) is 1.44. The van der Waals surface area contributed by atoms with Gasteiger partial charge in [0.05, 0.1) is 17.2 Å². The average Bonchev–Trinajstić information content (AvgIpc) is 2.36. The molecule has 0 aromatic carbocycles. The summed E-state index contributed by atoms with van der Waals surface area (Å²) in [5.41, 5.74) is 0.514. The molecule has 3 nitrogen and oxygen atoms in total. The van der Waals surface area contributed by atoms with Crippen LogP contribution in [0.4, 0.5) is 0 Å². The van der Waals surface area contributed by atoms with E-state index < -0.39 is 0 Å². The monoisotopic (exact) mass is 253 g/mol. The Morgan fingerprint density at radius 3 is 2.76 bits per heavy atom. The second kappa shape index (κ2) is 7.33. The fraction of sp³-hybridized carbons (Fsp3) is 0.538. The van der Waals surface area contributed by atoms with E-state index in [1.807, 2.05) is 6.07 Å². The van der Waals surface area contributed by atoms with Crippen molar-refractivity contribution in [3.63, 3.8) is 0 Å². The number of rotatable bonds is 6.